The van der Waals surface area contributed by atoms with Gasteiger partial charge in [-0.05, 0) is 280 Å². The summed E-state index contributed by atoms with van der Waals surface area (Å²) in [4.78, 5) is 0. The molecule has 9 aromatic carbocycles. The van der Waals surface area contributed by atoms with Gasteiger partial charge in [-0.3, -0.25) is 0 Å². The summed E-state index contributed by atoms with van der Waals surface area (Å²) in [5.74, 6) is 0. The van der Waals surface area contributed by atoms with Crippen molar-refractivity contribution in [3.05, 3.63) is 344 Å². The molecule has 9 aromatic rings. The van der Waals surface area contributed by atoms with E-state index in [2.05, 4.69) is 292 Å². The van der Waals surface area contributed by atoms with E-state index >= 15 is 0 Å². The molecule has 0 unspecified atom stereocenters. The lowest BCUT2D eigenvalue weighted by Gasteiger charge is -2.12. The summed E-state index contributed by atoms with van der Waals surface area (Å²) in [6, 6.07) is 68.7. The topological polar surface area (TPSA) is 0 Å². The fraction of sp³-hybridized carbons (Fsp3) is 0.421. The highest BCUT2D eigenvalue weighted by molar-refractivity contribution is 5.39. The Morgan fingerprint density at radius 1 is 0.149 bits per heavy atom. The van der Waals surface area contributed by atoms with Gasteiger partial charge in [0, 0.05) is 31.3 Å². The average Bonchev–Trinajstić information content (AvgIpc) is 0.797. The second kappa shape index (κ2) is 50.5. The third-order valence-corrected chi connectivity index (χ3v) is 23.4. The van der Waals surface area contributed by atoms with Crippen molar-refractivity contribution in [2.24, 2.45) is 0 Å². The number of unbranched alkanes of at least 4 members (excludes halogenated alkanes) is 30. The summed E-state index contributed by atoms with van der Waals surface area (Å²) in [7, 11) is 0. The van der Waals surface area contributed by atoms with Crippen LogP contribution in [0.25, 0.3) is 34.4 Å². The zero-order valence-corrected chi connectivity index (χ0v) is 71.0. The first-order valence-corrected chi connectivity index (χ1v) is 45.5. The minimum absolute atomic E-state index is 0.953. The van der Waals surface area contributed by atoms with Crippen molar-refractivity contribution in [2.75, 3.05) is 0 Å². The second-order valence-electron chi connectivity index (χ2n) is 32.6. The van der Waals surface area contributed by atoms with E-state index in [1.807, 2.05) is 0 Å². The van der Waals surface area contributed by atoms with Crippen LogP contribution in [0.15, 0.2) is 216 Å². The quantitative estimate of drug-likeness (QED) is 0.0264. The van der Waals surface area contributed by atoms with Gasteiger partial charge in [-0.2, -0.15) is 0 Å². The fourth-order valence-electron chi connectivity index (χ4n) is 16.5. The van der Waals surface area contributed by atoms with E-state index in [-0.39, 0.29) is 0 Å². The molecule has 0 N–H and O–H groups in total. The van der Waals surface area contributed by atoms with Crippen molar-refractivity contribution in [3.63, 3.8) is 0 Å². The van der Waals surface area contributed by atoms with Gasteiger partial charge in [-0.1, -0.05) is 378 Å². The Bertz CT molecular complexity index is 4980. The van der Waals surface area contributed by atoms with Gasteiger partial charge in [-0.15, -0.1) is 0 Å². The van der Waals surface area contributed by atoms with E-state index in [0.717, 1.165) is 69.8 Å². The highest BCUT2D eigenvalue weighted by Crippen LogP contribution is 2.25. The van der Waals surface area contributed by atoms with Gasteiger partial charge in [0.05, 0.1) is 0 Å². The van der Waals surface area contributed by atoms with Gasteiger partial charge in [-0.25, -0.2) is 0 Å². The van der Waals surface area contributed by atoms with Crippen LogP contribution in [0.4, 0.5) is 0 Å². The van der Waals surface area contributed by atoms with Crippen molar-refractivity contribution in [2.45, 2.75) is 311 Å². The van der Waals surface area contributed by atoms with Crippen molar-refractivity contribution in [3.8, 4) is 0 Å². The smallest absolute Gasteiger partial charge is 0.0255 e. The van der Waals surface area contributed by atoms with Crippen LogP contribution in [0.3, 0.4) is 0 Å². The van der Waals surface area contributed by atoms with Gasteiger partial charge in [0.25, 0.3) is 0 Å². The van der Waals surface area contributed by atoms with E-state index in [4.69, 9.17) is 0 Å². The Balaban J connectivity index is 1.22. The van der Waals surface area contributed by atoms with Gasteiger partial charge in [0.1, 0.15) is 0 Å². The molecule has 0 fully saturated rings. The lowest BCUT2D eigenvalue weighted by Crippen LogP contribution is -2.00. The van der Waals surface area contributed by atoms with E-state index in [9.17, 15) is 0 Å². The van der Waals surface area contributed by atoms with Crippen molar-refractivity contribution in [1.29, 1.82) is 0 Å². The lowest BCUT2D eigenvalue weighted by molar-refractivity contribution is 0.599. The van der Waals surface area contributed by atoms with Crippen molar-refractivity contribution < 1.29 is 0 Å². The van der Waals surface area contributed by atoms with Crippen molar-refractivity contribution >= 4 is 34.4 Å². The molecule has 0 spiro atoms. The summed E-state index contributed by atoms with van der Waals surface area (Å²) >= 11 is 0. The predicted octanol–water partition coefficient (Wildman–Crippen LogP) is 26.1. The summed E-state index contributed by atoms with van der Waals surface area (Å²) in [6.45, 7) is 13.9. The third-order valence-electron chi connectivity index (χ3n) is 23.4. The second-order valence-corrected chi connectivity index (χ2v) is 32.6. The largest absolute Gasteiger partial charge is 0.0654 e. The number of hydrogen-bond acceptors (Lipinski definition) is 0. The zero-order chi connectivity index (χ0) is 79.3. The monoisotopic (exact) mass is 1500 g/mol. The molecule has 0 heterocycles. The summed E-state index contributed by atoms with van der Waals surface area (Å²) < 4.78 is 0. The molecule has 0 atom stereocenters. The Hall–Kier alpha value is -9.66. The maximum Gasteiger partial charge on any atom is 0.0255 e. The van der Waals surface area contributed by atoms with Crippen LogP contribution in [0.2, 0.25) is 0 Å². The maximum absolute atomic E-state index is 3.42. The van der Waals surface area contributed by atoms with Crippen LogP contribution < -0.4 is 31.3 Å². The van der Waals surface area contributed by atoms with Crippen LogP contribution in [0.5, 0.6) is 0 Å². The highest BCUT2D eigenvalue weighted by atomic mass is 14.2. The molecule has 0 heteroatoms. The zero-order valence-electron chi connectivity index (χ0n) is 71.0. The minimum Gasteiger partial charge on any atom is -0.0654 e. The Kier molecular flexibility index (Phi) is 38.5. The number of hydrogen-bond donors (Lipinski definition) is 0. The van der Waals surface area contributed by atoms with Gasteiger partial charge in [0.2, 0.25) is 0 Å². The van der Waals surface area contributed by atoms with Gasteiger partial charge >= 0.3 is 0 Å². The molecule has 0 radical (unpaired) electrons. The molecule has 0 nitrogen and oxygen atoms in total. The Morgan fingerprint density at radius 3 is 0.404 bits per heavy atom. The summed E-state index contributed by atoms with van der Waals surface area (Å²) in [6.07, 6.45) is 52.9. The van der Waals surface area contributed by atoms with Gasteiger partial charge < -0.3 is 0 Å². The molecule has 0 aromatic heterocycles. The normalized spacial score (nSPS) is 11.3. The molecule has 10 aliphatic rings. The predicted molar refractivity (Wildman–Crippen MR) is 486 cm³/mol. The molecule has 0 aliphatic heterocycles. The molecular formula is C114H132. The summed E-state index contributed by atoms with van der Waals surface area (Å²) in [5.41, 5.74) is 49.0. The average molecular weight is 1500 g/mol. The van der Waals surface area contributed by atoms with Crippen LogP contribution >= 0.6 is 0 Å². The molecule has 10 aliphatic carbocycles. The summed E-state index contributed by atoms with van der Waals surface area (Å²) in [5, 5.41) is 20.5. The first-order chi connectivity index (χ1) is 56.3. The number of rotatable bonds is 42. The highest BCUT2D eigenvalue weighted by Gasteiger charge is 2.11. The molecule has 0 amide bonds. The van der Waals surface area contributed by atoms with E-state index in [1.54, 1.807) is 0 Å². The van der Waals surface area contributed by atoms with Crippen LogP contribution in [-0.4, -0.2) is 0 Å². The van der Waals surface area contributed by atoms with Gasteiger partial charge in [0.15, 0.2) is 0 Å². The minimum atomic E-state index is 0.953. The molecule has 0 saturated heterocycles. The molecule has 0 saturated carbocycles. The molecular weight excluding hydrogens is 1370 g/mol. The Morgan fingerprint density at radius 2 is 0.272 bits per heavy atom. The first-order valence-electron chi connectivity index (χ1n) is 45.5. The molecule has 19 rings (SSSR count). The standard InChI is InChI=1S/C114H132/c1-7-13-19-25-31-37-55-103-85-109-97-73-61-91(62-74-97)49-43-44-51-93-65-77-99(78-66-93)111-87-105(57-39-33-27-21-15-9-3)107(59-41-35-29-23-17-11-5)89-113(111)101-81-69-95(70-82-101)53-47-48-54-96-71-83-102(84-72-96)114-90-108(60-42-36-30-24-18-12-6)106(58-40-34-28-22-16-10-4)88-112(114)100-79-67-94(68-80-100)52-46-45-50-92-63-75-98(76-64-92)110(109)86-104(103)56-38-32-26-20-14-8-2/h61-90H,7-42,55-60H2,1-6H3. The fourth-order valence-corrected chi connectivity index (χ4v) is 16.5. The molecule has 114 heavy (non-hydrogen) atoms. The number of aryl methyl sites for hydroxylation is 6. The first kappa shape index (κ1) is 86.7. The van der Waals surface area contributed by atoms with Crippen LogP contribution in [-0.2, 0) is 38.5 Å². The van der Waals surface area contributed by atoms with E-state index in [1.165, 1.54) is 327 Å². The van der Waals surface area contributed by atoms with Crippen LogP contribution in [0, 0.1) is 62.6 Å². The Labute approximate surface area is 684 Å². The maximum atomic E-state index is 3.42. The van der Waals surface area contributed by atoms with E-state index in [0.29, 0.717) is 0 Å². The molecule has 12 bridgehead atoms. The third kappa shape index (κ3) is 28.7. The van der Waals surface area contributed by atoms with E-state index < -0.39 is 0 Å². The number of benzene rings is 9. The SMILES string of the molecule is CCCCCCCCc1cc2c(cc1CCCCCCCC)=c1ccc(cc1)=C=C=C=C=c1ccc(cc1)=c1cc(CCCCCCCC)c(CCCCCCCC)cc1=c1ccc(cc1)=C=C=C=C=c1ccc(cc1)=c1cc(CCCCCCCC)c(CCCCCCCC)cc1=c1ccc(cc1)=C=C=C=C=c1ccc=2cc1. The lowest BCUT2D eigenvalue weighted by atomic mass is 9.93. The van der Waals surface area contributed by atoms with Crippen LogP contribution in [0.1, 0.15) is 306 Å². The van der Waals surface area contributed by atoms with Crippen molar-refractivity contribution in [1.82, 2.24) is 0 Å². The molecule has 588 valence electrons.